The molecule has 1 saturated heterocycles. The second kappa shape index (κ2) is 18.5. The third-order valence-electron chi connectivity index (χ3n) is 5.08. The second-order valence-corrected chi connectivity index (χ2v) is 9.89. The Balaban J connectivity index is -0.00000101. The summed E-state index contributed by atoms with van der Waals surface area (Å²) in [5.74, 6) is -0.606. The number of nitrogens with zero attached hydrogens (tertiary/aromatic N) is 1. The first-order valence-electron chi connectivity index (χ1n) is 11.7. The number of alkyl halides is 3. The molecule has 1 aliphatic heterocycles. The smallest absolute Gasteiger partial charge is 0.386 e. The minimum atomic E-state index is -4.00. The Hall–Kier alpha value is -1.79. The van der Waals surface area contributed by atoms with Gasteiger partial charge in [0.2, 0.25) is 18.2 Å². The summed E-state index contributed by atoms with van der Waals surface area (Å²) in [5, 5.41) is 13.2. The van der Waals surface area contributed by atoms with Crippen LogP contribution in [0.5, 0.6) is 0 Å². The standard InChI is InChI=1S/C20H34N2O5.C2H3F3.CH3NO.CH3.V/c1-5-27-19(26)17(24)14(11-13-8-9-13)21-18(25)15-7-6-10-22(15)16(23)12-20(2,3)4;1-2(3,4)5;2-1-3;;/h13-15,17,24H,5-12H2,1-4H3,(H,21,25);1H3;1H,(H2,2,3);1H3;/q;;;-1;. The van der Waals surface area contributed by atoms with Crippen LogP contribution < -0.4 is 11.1 Å². The van der Waals surface area contributed by atoms with Gasteiger partial charge >= 0.3 is 12.1 Å². The number of halogens is 3. The van der Waals surface area contributed by atoms with Crippen molar-refractivity contribution in [1.29, 1.82) is 0 Å². The van der Waals surface area contributed by atoms with Crippen molar-refractivity contribution in [2.75, 3.05) is 13.2 Å². The summed E-state index contributed by atoms with van der Waals surface area (Å²) in [5.41, 5.74) is 4.02. The van der Waals surface area contributed by atoms with E-state index in [9.17, 15) is 32.7 Å². The number of carbonyl (C=O) groups excluding carboxylic acids is 4. The Kier molecular flexibility index (Phi) is 19.8. The number of aliphatic hydroxyl groups excluding tert-OH is 1. The van der Waals surface area contributed by atoms with E-state index in [-0.39, 0.29) is 63.2 Å². The van der Waals surface area contributed by atoms with E-state index in [4.69, 9.17) is 9.53 Å². The van der Waals surface area contributed by atoms with Gasteiger partial charge in [-0.25, -0.2) is 4.79 Å². The minimum Gasteiger partial charge on any atom is -0.464 e. The van der Waals surface area contributed by atoms with Crippen molar-refractivity contribution < 1.29 is 60.7 Å². The molecule has 0 aromatic heterocycles. The molecule has 0 aromatic carbocycles. The summed E-state index contributed by atoms with van der Waals surface area (Å²) in [4.78, 5) is 47.6. The van der Waals surface area contributed by atoms with Gasteiger partial charge in [-0.15, -0.1) is 0 Å². The quantitative estimate of drug-likeness (QED) is 0.230. The first-order valence-corrected chi connectivity index (χ1v) is 11.7. The van der Waals surface area contributed by atoms with E-state index in [1.165, 1.54) is 0 Å². The monoisotopic (exact) mass is 577 g/mol. The van der Waals surface area contributed by atoms with Crippen LogP contribution in [0.1, 0.15) is 73.1 Å². The summed E-state index contributed by atoms with van der Waals surface area (Å²) in [6.45, 7) is 8.61. The van der Waals surface area contributed by atoms with Gasteiger partial charge in [0.1, 0.15) is 6.04 Å². The summed E-state index contributed by atoms with van der Waals surface area (Å²) in [6, 6.07) is -1.21. The molecular weight excluding hydrogens is 534 g/mol. The largest absolute Gasteiger partial charge is 0.464 e. The van der Waals surface area contributed by atoms with E-state index in [2.05, 4.69) is 11.1 Å². The third-order valence-corrected chi connectivity index (χ3v) is 5.08. The Labute approximate surface area is 230 Å². The number of hydrogen-bond acceptors (Lipinski definition) is 6. The first-order chi connectivity index (χ1) is 16.0. The number of ether oxygens (including phenoxy) is 1. The molecule has 37 heavy (non-hydrogen) atoms. The molecule has 13 heteroatoms. The second-order valence-electron chi connectivity index (χ2n) is 9.89. The number of primary amides is 1. The number of hydrogen-bond donors (Lipinski definition) is 3. The van der Waals surface area contributed by atoms with Crippen LogP contribution in [0.3, 0.4) is 0 Å². The van der Waals surface area contributed by atoms with E-state index in [1.807, 2.05) is 20.8 Å². The molecule has 217 valence electrons. The Morgan fingerprint density at radius 3 is 2.05 bits per heavy atom. The molecule has 2 rings (SSSR count). The third kappa shape index (κ3) is 19.0. The zero-order chi connectivity index (χ0) is 27.4. The molecule has 0 aromatic rings. The van der Waals surface area contributed by atoms with Gasteiger partial charge in [-0.1, -0.05) is 33.6 Å². The normalized spacial score (nSPS) is 18.2. The summed E-state index contributed by atoms with van der Waals surface area (Å²) in [7, 11) is 0. The van der Waals surface area contributed by atoms with E-state index in [0.717, 1.165) is 19.3 Å². The fraction of sp³-hybridized carbons (Fsp3) is 0.792. The predicted molar refractivity (Wildman–Crippen MR) is 129 cm³/mol. The zero-order valence-corrected chi connectivity index (χ0v) is 24.0. The van der Waals surface area contributed by atoms with Gasteiger partial charge in [0.05, 0.1) is 12.6 Å². The molecule has 1 aliphatic carbocycles. The number of aliphatic hydroxyl groups is 1. The van der Waals surface area contributed by atoms with Crippen LogP contribution in [0.25, 0.3) is 0 Å². The van der Waals surface area contributed by atoms with Gasteiger partial charge in [-0.3, -0.25) is 14.4 Å². The van der Waals surface area contributed by atoms with Crippen molar-refractivity contribution in [3.63, 3.8) is 0 Å². The van der Waals surface area contributed by atoms with Crippen LogP contribution >= 0.6 is 0 Å². The Bertz CT molecular complexity index is 694. The van der Waals surface area contributed by atoms with E-state index in [1.54, 1.807) is 11.8 Å². The molecule has 1 saturated carbocycles. The zero-order valence-electron chi connectivity index (χ0n) is 22.6. The fourth-order valence-electron chi connectivity index (χ4n) is 3.54. The molecule has 3 atom stereocenters. The number of amides is 3. The molecule has 2 aliphatic rings. The van der Waals surface area contributed by atoms with Crippen LogP contribution in [0.15, 0.2) is 0 Å². The van der Waals surface area contributed by atoms with Crippen LogP contribution in [0.2, 0.25) is 0 Å². The topological polar surface area (TPSA) is 139 Å². The maximum absolute atomic E-state index is 12.9. The molecule has 0 bridgehead atoms. The van der Waals surface area contributed by atoms with Gasteiger partial charge < -0.3 is 33.2 Å². The molecular formula is C24H43F3N3O6V-. The summed E-state index contributed by atoms with van der Waals surface area (Å²) in [6.07, 6.45) is -0.727. The molecule has 2 fully saturated rings. The summed E-state index contributed by atoms with van der Waals surface area (Å²) >= 11 is 0. The first kappa shape index (κ1) is 39.7. The minimum absolute atomic E-state index is 0. The van der Waals surface area contributed by atoms with Crippen molar-refractivity contribution in [2.24, 2.45) is 17.1 Å². The number of nitrogens with one attached hydrogen (secondary N) is 1. The van der Waals surface area contributed by atoms with Crippen molar-refractivity contribution in [1.82, 2.24) is 10.2 Å². The molecule has 3 amide bonds. The number of carbonyl (C=O) groups is 4. The van der Waals surface area contributed by atoms with E-state index < -0.39 is 30.3 Å². The Morgan fingerprint density at radius 1 is 1.16 bits per heavy atom. The molecule has 4 N–H and O–H groups in total. The van der Waals surface area contributed by atoms with E-state index in [0.29, 0.717) is 31.7 Å². The van der Waals surface area contributed by atoms with Gasteiger partial charge in [0.15, 0.2) is 6.10 Å². The van der Waals surface area contributed by atoms with E-state index >= 15 is 0 Å². The van der Waals surface area contributed by atoms with Crippen molar-refractivity contribution in [3.8, 4) is 0 Å². The van der Waals surface area contributed by atoms with Gasteiger partial charge in [-0.2, -0.15) is 13.2 Å². The SMILES string of the molecule is CC(F)(F)F.CCOC(=O)C(O)C(CC1CC1)NC(=O)C1CCCN1C(=O)CC(C)(C)C.NC=O.[CH3-].[V]. The van der Waals surface area contributed by atoms with Crippen LogP contribution in [-0.4, -0.2) is 71.7 Å². The van der Waals surface area contributed by atoms with Crippen LogP contribution in [0, 0.1) is 18.8 Å². The number of esters is 1. The molecule has 1 radical (unpaired) electrons. The van der Waals surface area contributed by atoms with Crippen molar-refractivity contribution >= 4 is 24.2 Å². The maximum atomic E-state index is 12.9. The fourth-order valence-corrected chi connectivity index (χ4v) is 3.54. The average molecular weight is 578 g/mol. The Morgan fingerprint density at radius 2 is 1.65 bits per heavy atom. The predicted octanol–water partition coefficient (Wildman–Crippen LogP) is 2.74. The van der Waals surface area contributed by atoms with Gasteiger partial charge in [0.25, 0.3) is 0 Å². The van der Waals surface area contributed by atoms with Crippen molar-refractivity contribution in [2.45, 2.75) is 97.5 Å². The molecule has 0 spiro atoms. The van der Waals surface area contributed by atoms with Gasteiger partial charge in [0, 0.05) is 38.4 Å². The number of rotatable bonds is 8. The van der Waals surface area contributed by atoms with Crippen molar-refractivity contribution in [3.05, 3.63) is 7.43 Å². The van der Waals surface area contributed by atoms with Crippen LogP contribution in [-0.2, 0) is 42.5 Å². The van der Waals surface area contributed by atoms with Gasteiger partial charge in [-0.05, 0) is 37.5 Å². The average Bonchev–Trinajstić information content (AvgIpc) is 3.36. The maximum Gasteiger partial charge on any atom is 0.386 e. The molecule has 1 heterocycles. The molecule has 9 nitrogen and oxygen atoms in total. The molecule has 3 unspecified atom stereocenters. The number of nitrogens with two attached hydrogens (primary N) is 1. The van der Waals surface area contributed by atoms with Crippen LogP contribution in [0.4, 0.5) is 13.2 Å². The summed E-state index contributed by atoms with van der Waals surface area (Å²) < 4.78 is 36.0. The number of likely N-dealkylation sites (tertiary alicyclic amines) is 1.